The van der Waals surface area contributed by atoms with Crippen molar-refractivity contribution in [2.75, 3.05) is 0 Å². The van der Waals surface area contributed by atoms with Crippen molar-refractivity contribution in [2.24, 2.45) is 5.73 Å². The number of primary amides is 1. The first-order chi connectivity index (χ1) is 6.77. The van der Waals surface area contributed by atoms with E-state index < -0.39 is 0 Å². The lowest BCUT2D eigenvalue weighted by Gasteiger charge is -2.04. The highest BCUT2D eigenvalue weighted by molar-refractivity contribution is 5.93. The second-order valence-corrected chi connectivity index (χ2v) is 3.27. The van der Waals surface area contributed by atoms with Crippen molar-refractivity contribution in [1.29, 1.82) is 0 Å². The maximum atomic E-state index is 11.0. The number of benzene rings is 1. The van der Waals surface area contributed by atoms with Gasteiger partial charge < -0.3 is 5.73 Å². The Labute approximate surface area is 82.7 Å². The third-order valence-corrected chi connectivity index (χ3v) is 2.29. The molecule has 2 heteroatoms. The smallest absolute Gasteiger partial charge is 0.248 e. The average molecular weight is 185 g/mol. The Morgan fingerprint density at radius 1 is 1.29 bits per heavy atom. The second kappa shape index (κ2) is 3.50. The van der Waals surface area contributed by atoms with Gasteiger partial charge in [-0.3, -0.25) is 4.79 Å². The van der Waals surface area contributed by atoms with Crippen LogP contribution in [0.5, 0.6) is 0 Å². The SMILES string of the molecule is NC(=O)c1ccc2c(c1)CC=CC=C2. The molecular weight excluding hydrogens is 174 g/mol. The molecule has 2 rings (SSSR count). The van der Waals surface area contributed by atoms with Crippen LogP contribution in [0.2, 0.25) is 0 Å². The summed E-state index contributed by atoms with van der Waals surface area (Å²) in [5, 5.41) is 0. The molecule has 0 radical (unpaired) electrons. The molecule has 0 unspecified atom stereocenters. The summed E-state index contributed by atoms with van der Waals surface area (Å²) in [6.07, 6.45) is 8.94. The molecule has 1 aliphatic carbocycles. The largest absolute Gasteiger partial charge is 0.366 e. The Balaban J connectivity index is 2.49. The van der Waals surface area contributed by atoms with Gasteiger partial charge >= 0.3 is 0 Å². The topological polar surface area (TPSA) is 43.1 Å². The summed E-state index contributed by atoms with van der Waals surface area (Å²) in [6, 6.07) is 5.55. The van der Waals surface area contributed by atoms with E-state index in [1.165, 1.54) is 0 Å². The summed E-state index contributed by atoms with van der Waals surface area (Å²) in [6.45, 7) is 0. The highest BCUT2D eigenvalue weighted by atomic mass is 16.1. The Kier molecular flexibility index (Phi) is 2.19. The molecule has 14 heavy (non-hydrogen) atoms. The molecule has 0 atom stereocenters. The monoisotopic (exact) mass is 185 g/mol. The van der Waals surface area contributed by atoms with E-state index in [-0.39, 0.29) is 5.91 Å². The van der Waals surface area contributed by atoms with E-state index in [9.17, 15) is 4.79 Å². The molecule has 2 nitrogen and oxygen atoms in total. The van der Waals surface area contributed by atoms with Gasteiger partial charge in [0.1, 0.15) is 0 Å². The zero-order valence-electron chi connectivity index (χ0n) is 7.73. The van der Waals surface area contributed by atoms with Crippen LogP contribution in [0.1, 0.15) is 21.5 Å². The van der Waals surface area contributed by atoms with E-state index in [1.807, 2.05) is 30.4 Å². The molecule has 1 aliphatic rings. The standard InChI is InChI=1S/C12H11NO/c13-12(14)11-7-6-9-4-2-1-3-5-10(9)8-11/h1-4,6-8H,5H2,(H2,13,14). The van der Waals surface area contributed by atoms with E-state index in [4.69, 9.17) is 5.73 Å². The van der Waals surface area contributed by atoms with Gasteiger partial charge in [-0.15, -0.1) is 0 Å². The first-order valence-electron chi connectivity index (χ1n) is 4.53. The molecule has 70 valence electrons. The van der Waals surface area contributed by atoms with Gasteiger partial charge in [-0.1, -0.05) is 30.4 Å². The van der Waals surface area contributed by atoms with Crippen LogP contribution in [0.25, 0.3) is 6.08 Å². The minimum Gasteiger partial charge on any atom is -0.366 e. The van der Waals surface area contributed by atoms with Crippen molar-refractivity contribution in [3.8, 4) is 0 Å². The van der Waals surface area contributed by atoms with Crippen LogP contribution in [-0.4, -0.2) is 5.91 Å². The fourth-order valence-corrected chi connectivity index (χ4v) is 1.53. The molecule has 0 bridgehead atoms. The number of amides is 1. The molecule has 0 heterocycles. The van der Waals surface area contributed by atoms with Gasteiger partial charge in [0, 0.05) is 5.56 Å². The number of carbonyl (C=O) groups excluding carboxylic acids is 1. The predicted octanol–water partition coefficient (Wildman–Crippen LogP) is 1.91. The normalized spacial score (nSPS) is 13.4. The van der Waals surface area contributed by atoms with Gasteiger partial charge in [0.15, 0.2) is 0 Å². The maximum absolute atomic E-state index is 11.0. The van der Waals surface area contributed by atoms with Gasteiger partial charge in [-0.05, 0) is 29.7 Å². The fraction of sp³-hybridized carbons (Fsp3) is 0.0833. The van der Waals surface area contributed by atoms with E-state index in [2.05, 4.69) is 6.08 Å². The average Bonchev–Trinajstić information content (AvgIpc) is 2.41. The van der Waals surface area contributed by atoms with Gasteiger partial charge in [0.25, 0.3) is 0 Å². The van der Waals surface area contributed by atoms with E-state index >= 15 is 0 Å². The summed E-state index contributed by atoms with van der Waals surface area (Å²) < 4.78 is 0. The molecule has 0 aliphatic heterocycles. The quantitative estimate of drug-likeness (QED) is 0.713. The minimum atomic E-state index is -0.370. The van der Waals surface area contributed by atoms with Gasteiger partial charge in [0.05, 0.1) is 0 Å². The predicted molar refractivity (Wildman–Crippen MR) is 56.8 cm³/mol. The third kappa shape index (κ3) is 1.59. The zero-order chi connectivity index (χ0) is 9.97. The van der Waals surface area contributed by atoms with Crippen molar-refractivity contribution in [3.63, 3.8) is 0 Å². The van der Waals surface area contributed by atoms with Crippen LogP contribution in [-0.2, 0) is 6.42 Å². The number of allylic oxidation sites excluding steroid dienone is 3. The Hall–Kier alpha value is -1.83. The lowest BCUT2D eigenvalue weighted by Crippen LogP contribution is -2.11. The number of nitrogens with two attached hydrogens (primary N) is 1. The summed E-state index contributed by atoms with van der Waals surface area (Å²) in [7, 11) is 0. The highest BCUT2D eigenvalue weighted by Gasteiger charge is 2.05. The number of hydrogen-bond donors (Lipinski definition) is 1. The van der Waals surface area contributed by atoms with Crippen molar-refractivity contribution < 1.29 is 4.79 Å². The van der Waals surface area contributed by atoms with E-state index in [0.29, 0.717) is 5.56 Å². The van der Waals surface area contributed by atoms with E-state index in [1.54, 1.807) is 6.07 Å². The summed E-state index contributed by atoms with van der Waals surface area (Å²) in [5.74, 6) is -0.370. The molecule has 1 aromatic rings. The van der Waals surface area contributed by atoms with Crippen LogP contribution in [0, 0.1) is 0 Å². The van der Waals surface area contributed by atoms with Crippen LogP contribution < -0.4 is 5.73 Å². The minimum absolute atomic E-state index is 0.370. The van der Waals surface area contributed by atoms with Crippen LogP contribution >= 0.6 is 0 Å². The zero-order valence-corrected chi connectivity index (χ0v) is 7.73. The lowest BCUT2D eigenvalue weighted by atomic mass is 10.0. The van der Waals surface area contributed by atoms with Gasteiger partial charge in [-0.2, -0.15) is 0 Å². The number of rotatable bonds is 1. The molecule has 2 N–H and O–H groups in total. The molecule has 1 aromatic carbocycles. The number of fused-ring (bicyclic) bond motifs is 1. The molecule has 0 saturated heterocycles. The summed E-state index contributed by atoms with van der Waals surface area (Å²) in [4.78, 5) is 11.0. The Bertz CT molecular complexity index is 430. The van der Waals surface area contributed by atoms with Crippen LogP contribution in [0.4, 0.5) is 0 Å². The second-order valence-electron chi connectivity index (χ2n) is 3.27. The summed E-state index contributed by atoms with van der Waals surface area (Å²) in [5.41, 5.74) is 8.08. The van der Waals surface area contributed by atoms with E-state index in [0.717, 1.165) is 17.5 Å². The molecule has 0 aromatic heterocycles. The first-order valence-corrected chi connectivity index (χ1v) is 4.53. The van der Waals surface area contributed by atoms with Crippen molar-refractivity contribution in [2.45, 2.75) is 6.42 Å². The first kappa shape index (κ1) is 8.75. The maximum Gasteiger partial charge on any atom is 0.248 e. The molecule has 1 amide bonds. The number of carbonyl (C=O) groups is 1. The molecule has 0 saturated carbocycles. The number of hydrogen-bond acceptors (Lipinski definition) is 1. The Morgan fingerprint density at radius 3 is 2.93 bits per heavy atom. The van der Waals surface area contributed by atoms with Crippen LogP contribution in [0.3, 0.4) is 0 Å². The van der Waals surface area contributed by atoms with Crippen LogP contribution in [0.15, 0.2) is 36.4 Å². The summed E-state index contributed by atoms with van der Waals surface area (Å²) >= 11 is 0. The highest BCUT2D eigenvalue weighted by Crippen LogP contribution is 2.17. The van der Waals surface area contributed by atoms with Crippen molar-refractivity contribution in [1.82, 2.24) is 0 Å². The van der Waals surface area contributed by atoms with Crippen molar-refractivity contribution >= 4 is 12.0 Å². The lowest BCUT2D eigenvalue weighted by molar-refractivity contribution is 0.1000. The fourth-order valence-electron chi connectivity index (χ4n) is 1.53. The van der Waals surface area contributed by atoms with Gasteiger partial charge in [0.2, 0.25) is 5.91 Å². The molecular formula is C12H11NO. The Morgan fingerprint density at radius 2 is 2.14 bits per heavy atom. The third-order valence-electron chi connectivity index (χ3n) is 2.29. The van der Waals surface area contributed by atoms with Crippen molar-refractivity contribution in [3.05, 3.63) is 53.1 Å². The molecule has 0 fully saturated rings. The van der Waals surface area contributed by atoms with Gasteiger partial charge in [-0.25, -0.2) is 0 Å². The molecule has 0 spiro atoms.